The van der Waals surface area contributed by atoms with E-state index in [0.29, 0.717) is 18.8 Å². The maximum Gasteiger partial charge on any atom is 0.287 e. The van der Waals surface area contributed by atoms with Crippen LogP contribution in [0.25, 0.3) is 0 Å². The van der Waals surface area contributed by atoms with Crippen molar-refractivity contribution in [1.29, 1.82) is 0 Å². The molecule has 0 aliphatic heterocycles. The van der Waals surface area contributed by atoms with E-state index < -0.39 is 0 Å². The van der Waals surface area contributed by atoms with Gasteiger partial charge in [0.05, 0.1) is 17.2 Å². The molecule has 0 saturated heterocycles. The van der Waals surface area contributed by atoms with E-state index in [1.54, 1.807) is 23.0 Å². The summed E-state index contributed by atoms with van der Waals surface area (Å²) >= 11 is 3.33. The fourth-order valence-electron chi connectivity index (χ4n) is 2.42. The molecule has 0 bridgehead atoms. The van der Waals surface area contributed by atoms with E-state index in [1.807, 2.05) is 38.2 Å². The van der Waals surface area contributed by atoms with Crippen LogP contribution in [0.3, 0.4) is 0 Å². The van der Waals surface area contributed by atoms with Crippen LogP contribution in [-0.4, -0.2) is 22.2 Å². The summed E-state index contributed by atoms with van der Waals surface area (Å²) in [6.45, 7) is 5.33. The van der Waals surface area contributed by atoms with E-state index in [4.69, 9.17) is 9.15 Å². The first-order chi connectivity index (χ1) is 12.5. The molecule has 7 heteroatoms. The summed E-state index contributed by atoms with van der Waals surface area (Å²) in [7, 11) is 0. The summed E-state index contributed by atoms with van der Waals surface area (Å²) in [6.07, 6.45) is 3.55. The second-order valence-electron chi connectivity index (χ2n) is 6.00. The van der Waals surface area contributed by atoms with Crippen molar-refractivity contribution >= 4 is 21.8 Å². The molecule has 136 valence electrons. The normalized spacial score (nSPS) is 10.7. The number of hydrogen-bond donors (Lipinski definition) is 1. The molecule has 26 heavy (non-hydrogen) atoms. The number of halogens is 1. The summed E-state index contributed by atoms with van der Waals surface area (Å²) in [5.74, 6) is 1.44. The highest BCUT2D eigenvalue weighted by molar-refractivity contribution is 9.10. The molecule has 1 aromatic carbocycles. The molecule has 0 fully saturated rings. The van der Waals surface area contributed by atoms with E-state index in [-0.39, 0.29) is 18.3 Å². The lowest BCUT2D eigenvalue weighted by Gasteiger charge is -2.08. The Morgan fingerprint density at radius 2 is 2.15 bits per heavy atom. The standard InChI is InChI=1S/C19H20BrN3O3/c1-13-3-4-14(2)18(9-13)25-12-16-5-6-17(26-16)19(24)21-7-8-23-11-15(20)10-22-23/h3-6,9-11H,7-8,12H2,1-2H3,(H,21,24). The Hall–Kier alpha value is -2.54. The Bertz CT molecular complexity index is 901. The molecule has 6 nitrogen and oxygen atoms in total. The fourth-order valence-corrected chi connectivity index (χ4v) is 2.75. The number of furan rings is 1. The molecule has 2 aromatic heterocycles. The number of aromatic nitrogens is 2. The number of benzene rings is 1. The highest BCUT2D eigenvalue weighted by Crippen LogP contribution is 2.21. The van der Waals surface area contributed by atoms with Crippen LogP contribution in [0.2, 0.25) is 0 Å². The zero-order chi connectivity index (χ0) is 18.5. The minimum absolute atomic E-state index is 0.255. The summed E-state index contributed by atoms with van der Waals surface area (Å²) in [6, 6.07) is 9.45. The molecule has 1 amide bonds. The van der Waals surface area contributed by atoms with Crippen molar-refractivity contribution in [2.24, 2.45) is 0 Å². The van der Waals surface area contributed by atoms with E-state index in [2.05, 4.69) is 26.3 Å². The first kappa shape index (κ1) is 18.3. The second-order valence-corrected chi connectivity index (χ2v) is 6.92. The van der Waals surface area contributed by atoms with Gasteiger partial charge in [-0.3, -0.25) is 9.48 Å². The number of nitrogens with one attached hydrogen (secondary N) is 1. The Labute approximate surface area is 160 Å². The molecule has 1 N–H and O–H groups in total. The molecule has 2 heterocycles. The number of ether oxygens (including phenoxy) is 1. The summed E-state index contributed by atoms with van der Waals surface area (Å²) in [4.78, 5) is 12.1. The van der Waals surface area contributed by atoms with Gasteiger partial charge >= 0.3 is 0 Å². The van der Waals surface area contributed by atoms with Crippen molar-refractivity contribution in [2.45, 2.75) is 27.0 Å². The third-order valence-electron chi connectivity index (χ3n) is 3.83. The van der Waals surface area contributed by atoms with Crippen LogP contribution >= 0.6 is 15.9 Å². The third-order valence-corrected chi connectivity index (χ3v) is 4.24. The predicted octanol–water partition coefficient (Wildman–Crippen LogP) is 3.86. The second kappa shape index (κ2) is 8.23. The molecule has 0 aliphatic carbocycles. The first-order valence-electron chi connectivity index (χ1n) is 8.26. The van der Waals surface area contributed by atoms with Gasteiger partial charge in [-0.25, -0.2) is 0 Å². The molecule has 0 spiro atoms. The van der Waals surface area contributed by atoms with E-state index >= 15 is 0 Å². The van der Waals surface area contributed by atoms with Crippen LogP contribution in [-0.2, 0) is 13.2 Å². The topological polar surface area (TPSA) is 69.3 Å². The zero-order valence-corrected chi connectivity index (χ0v) is 16.2. The maximum absolute atomic E-state index is 12.1. The number of hydrogen-bond acceptors (Lipinski definition) is 4. The molecule has 0 radical (unpaired) electrons. The Balaban J connectivity index is 1.50. The number of carbonyl (C=O) groups excluding carboxylic acids is 1. The number of amides is 1. The molecule has 3 rings (SSSR count). The van der Waals surface area contributed by atoms with E-state index in [0.717, 1.165) is 21.3 Å². The highest BCUT2D eigenvalue weighted by atomic mass is 79.9. The average molecular weight is 418 g/mol. The van der Waals surface area contributed by atoms with Crippen LogP contribution in [0.1, 0.15) is 27.4 Å². The van der Waals surface area contributed by atoms with Gasteiger partial charge in [0.1, 0.15) is 18.1 Å². The molecule has 3 aromatic rings. The molecular weight excluding hydrogens is 398 g/mol. The zero-order valence-electron chi connectivity index (χ0n) is 14.7. The number of aryl methyl sites for hydroxylation is 2. The number of rotatable bonds is 7. The van der Waals surface area contributed by atoms with Gasteiger partial charge in [0, 0.05) is 12.7 Å². The Morgan fingerprint density at radius 1 is 1.31 bits per heavy atom. The lowest BCUT2D eigenvalue weighted by molar-refractivity contribution is 0.0920. The quantitative estimate of drug-likeness (QED) is 0.633. The highest BCUT2D eigenvalue weighted by Gasteiger charge is 2.11. The van der Waals surface area contributed by atoms with Gasteiger partial charge in [-0.2, -0.15) is 5.10 Å². The van der Waals surface area contributed by atoms with Gasteiger partial charge in [0.25, 0.3) is 5.91 Å². The fraction of sp³-hybridized carbons (Fsp3) is 0.263. The van der Waals surface area contributed by atoms with Crippen LogP contribution in [0.4, 0.5) is 0 Å². The average Bonchev–Trinajstić information content (AvgIpc) is 3.25. The summed E-state index contributed by atoms with van der Waals surface area (Å²) in [5, 5.41) is 6.95. The molecule has 0 unspecified atom stereocenters. The van der Waals surface area contributed by atoms with Crippen molar-refractivity contribution in [1.82, 2.24) is 15.1 Å². The minimum atomic E-state index is -0.255. The summed E-state index contributed by atoms with van der Waals surface area (Å²) in [5.41, 5.74) is 2.19. The van der Waals surface area contributed by atoms with Crippen molar-refractivity contribution in [3.8, 4) is 5.75 Å². The number of nitrogens with zero attached hydrogens (tertiary/aromatic N) is 2. The van der Waals surface area contributed by atoms with Crippen molar-refractivity contribution < 1.29 is 13.9 Å². The first-order valence-corrected chi connectivity index (χ1v) is 9.05. The van der Waals surface area contributed by atoms with Gasteiger partial charge in [-0.1, -0.05) is 12.1 Å². The van der Waals surface area contributed by atoms with Crippen molar-refractivity contribution in [3.63, 3.8) is 0 Å². The summed E-state index contributed by atoms with van der Waals surface area (Å²) < 4.78 is 14.0. The maximum atomic E-state index is 12.1. The van der Waals surface area contributed by atoms with Crippen LogP contribution in [0.15, 0.2) is 51.6 Å². The largest absolute Gasteiger partial charge is 0.485 e. The van der Waals surface area contributed by atoms with E-state index in [9.17, 15) is 4.79 Å². The molecule has 0 atom stereocenters. The Kier molecular flexibility index (Phi) is 5.78. The van der Waals surface area contributed by atoms with Crippen LogP contribution < -0.4 is 10.1 Å². The van der Waals surface area contributed by atoms with E-state index in [1.165, 1.54) is 0 Å². The monoisotopic (exact) mass is 417 g/mol. The van der Waals surface area contributed by atoms with Crippen molar-refractivity contribution in [3.05, 3.63) is 69.8 Å². The molecule has 0 saturated carbocycles. The smallest absolute Gasteiger partial charge is 0.287 e. The van der Waals surface area contributed by atoms with Crippen LogP contribution in [0.5, 0.6) is 5.75 Å². The Morgan fingerprint density at radius 3 is 2.92 bits per heavy atom. The van der Waals surface area contributed by atoms with Crippen LogP contribution in [0, 0.1) is 13.8 Å². The van der Waals surface area contributed by atoms with Gasteiger partial charge in [-0.15, -0.1) is 0 Å². The van der Waals surface area contributed by atoms with Crippen molar-refractivity contribution in [2.75, 3.05) is 6.54 Å². The number of carbonyl (C=O) groups is 1. The predicted molar refractivity (Wildman–Crippen MR) is 101 cm³/mol. The van der Waals surface area contributed by atoms with Gasteiger partial charge < -0.3 is 14.5 Å². The minimum Gasteiger partial charge on any atom is -0.485 e. The lowest BCUT2D eigenvalue weighted by Crippen LogP contribution is -2.27. The SMILES string of the molecule is Cc1ccc(C)c(OCc2ccc(C(=O)NCCn3cc(Br)cn3)o2)c1. The third kappa shape index (κ3) is 4.76. The van der Waals surface area contributed by atoms with Gasteiger partial charge in [-0.05, 0) is 59.1 Å². The van der Waals surface area contributed by atoms with Gasteiger partial charge in [0.15, 0.2) is 5.76 Å². The van der Waals surface area contributed by atoms with Gasteiger partial charge in [0.2, 0.25) is 0 Å². The molecular formula is C19H20BrN3O3. The lowest BCUT2D eigenvalue weighted by atomic mass is 10.1. The molecule has 0 aliphatic rings.